The quantitative estimate of drug-likeness (QED) is 0.694. The molecule has 1 spiro atoms. The molecule has 0 radical (unpaired) electrons. The molecule has 1 aliphatic heterocycles. The van der Waals surface area contributed by atoms with Gasteiger partial charge in [-0.3, -0.25) is 0 Å². The fraction of sp³-hybridized carbons (Fsp3) is 0.368. The van der Waals surface area contributed by atoms with E-state index in [0.29, 0.717) is 12.0 Å². The molecule has 0 saturated heterocycles. The Bertz CT molecular complexity index is 812. The first-order valence-corrected chi connectivity index (χ1v) is 8.04. The van der Waals surface area contributed by atoms with Gasteiger partial charge in [0.2, 0.25) is 0 Å². The van der Waals surface area contributed by atoms with E-state index in [1.807, 2.05) is 0 Å². The van der Waals surface area contributed by atoms with E-state index in [-0.39, 0.29) is 5.54 Å². The molecule has 8 rings (SSSR count). The SMILES string of the molecule is c1ccc2c(c1)-c1ccccc1C21N=N[C@H]2C3C4C3C4[C@H]21. The molecular formula is C19H14N2. The van der Waals surface area contributed by atoms with Crippen LogP contribution in [0.25, 0.3) is 11.1 Å². The zero-order valence-electron chi connectivity index (χ0n) is 11.5. The van der Waals surface area contributed by atoms with Crippen molar-refractivity contribution in [2.45, 2.75) is 11.6 Å². The lowest BCUT2D eigenvalue weighted by Crippen LogP contribution is -2.33. The second-order valence-corrected chi connectivity index (χ2v) is 7.40. The maximum absolute atomic E-state index is 4.95. The summed E-state index contributed by atoms with van der Waals surface area (Å²) in [7, 11) is 0. The van der Waals surface area contributed by atoms with Crippen LogP contribution in [0.5, 0.6) is 0 Å². The zero-order valence-corrected chi connectivity index (χ0v) is 11.5. The van der Waals surface area contributed by atoms with Gasteiger partial charge < -0.3 is 0 Å². The molecule has 0 N–H and O–H groups in total. The van der Waals surface area contributed by atoms with Gasteiger partial charge >= 0.3 is 0 Å². The van der Waals surface area contributed by atoms with E-state index < -0.39 is 0 Å². The van der Waals surface area contributed by atoms with Crippen LogP contribution in [0.3, 0.4) is 0 Å². The second-order valence-electron chi connectivity index (χ2n) is 7.40. The van der Waals surface area contributed by atoms with E-state index in [1.165, 1.54) is 22.3 Å². The van der Waals surface area contributed by atoms with Crippen molar-refractivity contribution in [3.8, 4) is 11.1 Å². The van der Waals surface area contributed by atoms with Crippen molar-refractivity contribution in [2.24, 2.45) is 39.8 Å². The fourth-order valence-electron chi connectivity index (χ4n) is 6.15. The number of rotatable bonds is 0. The minimum absolute atomic E-state index is 0.152. The van der Waals surface area contributed by atoms with E-state index in [1.54, 1.807) is 0 Å². The Labute approximate surface area is 122 Å². The first-order chi connectivity index (χ1) is 10.4. The molecule has 2 heteroatoms. The highest BCUT2D eigenvalue weighted by Crippen LogP contribution is 2.88. The highest BCUT2D eigenvalue weighted by molar-refractivity contribution is 5.81. The lowest BCUT2D eigenvalue weighted by atomic mass is 9.75. The molecule has 0 amide bonds. The van der Waals surface area contributed by atoms with Gasteiger partial charge in [-0.25, -0.2) is 0 Å². The molecule has 2 aromatic rings. The number of hydrogen-bond donors (Lipinski definition) is 0. The average molecular weight is 270 g/mol. The number of azo groups is 1. The normalized spacial score (nSPS) is 43.4. The highest BCUT2D eigenvalue weighted by atomic mass is 15.3. The molecule has 1 heterocycles. The Morgan fingerprint density at radius 2 is 1.33 bits per heavy atom. The molecule has 4 fully saturated rings. The first kappa shape index (κ1) is 9.88. The summed E-state index contributed by atoms with van der Waals surface area (Å²) in [4.78, 5) is 0. The van der Waals surface area contributed by atoms with E-state index in [2.05, 4.69) is 48.5 Å². The van der Waals surface area contributed by atoms with Gasteiger partial charge in [-0.2, -0.15) is 10.2 Å². The Kier molecular flexibility index (Phi) is 1.27. The van der Waals surface area contributed by atoms with Gasteiger partial charge in [0, 0.05) is 5.92 Å². The largest absolute Gasteiger partial charge is 0.189 e. The third-order valence-electron chi connectivity index (χ3n) is 6.91. The molecule has 2 aromatic carbocycles. The zero-order chi connectivity index (χ0) is 13.3. The van der Waals surface area contributed by atoms with Gasteiger partial charge in [0.05, 0.1) is 6.04 Å². The van der Waals surface area contributed by atoms with Crippen molar-refractivity contribution in [3.05, 3.63) is 59.7 Å². The Morgan fingerprint density at radius 3 is 2.00 bits per heavy atom. The molecule has 21 heavy (non-hydrogen) atoms. The van der Waals surface area contributed by atoms with Gasteiger partial charge in [0.15, 0.2) is 0 Å². The summed E-state index contributed by atoms with van der Waals surface area (Å²) in [5.74, 6) is 4.46. The van der Waals surface area contributed by atoms with Crippen LogP contribution in [-0.2, 0) is 5.54 Å². The van der Waals surface area contributed by atoms with Crippen LogP contribution >= 0.6 is 0 Å². The molecular weight excluding hydrogens is 256 g/mol. The van der Waals surface area contributed by atoms with Gasteiger partial charge in [-0.1, -0.05) is 48.5 Å². The van der Waals surface area contributed by atoms with Crippen LogP contribution in [0.15, 0.2) is 58.8 Å². The molecule has 2 unspecified atom stereocenters. The number of nitrogens with zero attached hydrogens (tertiary/aromatic N) is 2. The summed E-state index contributed by atoms with van der Waals surface area (Å²) in [6, 6.07) is 18.3. The average Bonchev–Trinajstić information content (AvgIpc) is 3.23. The summed E-state index contributed by atoms with van der Waals surface area (Å²) in [6.45, 7) is 0. The monoisotopic (exact) mass is 270 g/mol. The smallest absolute Gasteiger partial charge is 0.138 e. The summed E-state index contributed by atoms with van der Waals surface area (Å²) in [5.41, 5.74) is 5.43. The van der Waals surface area contributed by atoms with Crippen molar-refractivity contribution in [3.63, 3.8) is 0 Å². The van der Waals surface area contributed by atoms with Crippen LogP contribution in [0.2, 0.25) is 0 Å². The highest BCUT2D eigenvalue weighted by Gasteiger charge is 2.88. The van der Waals surface area contributed by atoms with Crippen LogP contribution in [0.1, 0.15) is 11.1 Å². The second kappa shape index (κ2) is 2.70. The molecule has 100 valence electrons. The molecule has 2 bridgehead atoms. The Balaban J connectivity index is 1.60. The first-order valence-electron chi connectivity index (χ1n) is 8.04. The minimum atomic E-state index is -0.152. The third-order valence-corrected chi connectivity index (χ3v) is 6.91. The van der Waals surface area contributed by atoms with Crippen molar-refractivity contribution < 1.29 is 0 Å². The van der Waals surface area contributed by atoms with Gasteiger partial charge in [0.25, 0.3) is 0 Å². The topological polar surface area (TPSA) is 24.7 Å². The van der Waals surface area contributed by atoms with Crippen LogP contribution in [0.4, 0.5) is 0 Å². The number of benzene rings is 2. The van der Waals surface area contributed by atoms with Gasteiger partial charge in [0.1, 0.15) is 5.54 Å². The lowest BCUT2D eigenvalue weighted by Gasteiger charge is -2.29. The number of hydrogen-bond acceptors (Lipinski definition) is 2. The lowest BCUT2D eigenvalue weighted by molar-refractivity contribution is 0.345. The van der Waals surface area contributed by atoms with Crippen molar-refractivity contribution in [2.75, 3.05) is 0 Å². The number of fused-ring (bicyclic) bond motifs is 5. The molecule has 0 aromatic heterocycles. The van der Waals surface area contributed by atoms with E-state index in [9.17, 15) is 0 Å². The van der Waals surface area contributed by atoms with E-state index in [4.69, 9.17) is 10.2 Å². The van der Waals surface area contributed by atoms with Crippen molar-refractivity contribution in [1.29, 1.82) is 0 Å². The summed E-state index contributed by atoms with van der Waals surface area (Å²) in [5, 5.41) is 9.75. The molecule has 2 nitrogen and oxygen atoms in total. The van der Waals surface area contributed by atoms with Gasteiger partial charge in [-0.15, -0.1) is 0 Å². The molecule has 4 saturated carbocycles. The standard InChI is InChI=1S/C19H14N2/c1-3-7-11-9(5-1)10-6-2-4-8-12(10)19(11)17-15-13-14(15)16(13)18(17)20-21-19/h1-8,13-18H/t13?,14?,15?,16?,17-,18+/m1/s1. The molecule has 6 aliphatic rings. The molecule has 5 aliphatic carbocycles. The maximum Gasteiger partial charge on any atom is 0.138 e. The van der Waals surface area contributed by atoms with Crippen LogP contribution < -0.4 is 0 Å². The van der Waals surface area contributed by atoms with Crippen LogP contribution in [-0.4, -0.2) is 6.04 Å². The predicted molar refractivity (Wildman–Crippen MR) is 78.8 cm³/mol. The minimum Gasteiger partial charge on any atom is -0.189 e. The Morgan fingerprint density at radius 1 is 0.714 bits per heavy atom. The fourth-order valence-corrected chi connectivity index (χ4v) is 6.15. The molecule has 4 atom stereocenters. The predicted octanol–water partition coefficient (Wildman–Crippen LogP) is 3.87. The summed E-state index contributed by atoms with van der Waals surface area (Å²) < 4.78 is 0. The van der Waals surface area contributed by atoms with Crippen molar-refractivity contribution >= 4 is 0 Å². The summed E-state index contributed by atoms with van der Waals surface area (Å²) >= 11 is 0. The third kappa shape index (κ3) is 0.803. The van der Waals surface area contributed by atoms with Crippen LogP contribution in [0, 0.1) is 29.6 Å². The van der Waals surface area contributed by atoms with Gasteiger partial charge in [-0.05, 0) is 45.9 Å². The maximum atomic E-state index is 4.95. The summed E-state index contributed by atoms with van der Waals surface area (Å²) in [6.07, 6.45) is 0. The Hall–Kier alpha value is -1.96. The van der Waals surface area contributed by atoms with E-state index in [0.717, 1.165) is 23.7 Å². The van der Waals surface area contributed by atoms with E-state index >= 15 is 0 Å². The van der Waals surface area contributed by atoms with Crippen molar-refractivity contribution in [1.82, 2.24) is 0 Å².